The lowest BCUT2D eigenvalue weighted by Gasteiger charge is -2.71. The van der Waals surface area contributed by atoms with E-state index in [9.17, 15) is 24.9 Å². The Morgan fingerprint density at radius 3 is 2.31 bits per heavy atom. The van der Waals surface area contributed by atoms with Crippen LogP contribution in [-0.2, 0) is 19.1 Å². The summed E-state index contributed by atoms with van der Waals surface area (Å²) in [5, 5.41) is 34.8. The molecule has 3 N–H and O–H groups in total. The quantitative estimate of drug-likeness (QED) is 0.592. The van der Waals surface area contributed by atoms with E-state index in [4.69, 9.17) is 9.47 Å². The van der Waals surface area contributed by atoms with Gasteiger partial charge in [-0.15, -0.1) is 0 Å². The minimum atomic E-state index is -2.13. The second kappa shape index (κ2) is 6.49. The van der Waals surface area contributed by atoms with Gasteiger partial charge in [0, 0.05) is 24.7 Å². The maximum Gasteiger partial charge on any atom is 0.303 e. The van der Waals surface area contributed by atoms with E-state index in [0.29, 0.717) is 19.3 Å². The lowest BCUT2D eigenvalue weighted by atomic mass is 9.39. The number of Topliss-reactive ketones (excluding diaryl/α,β-unsaturated/α-hetero) is 1. The molecular formula is C22H36O7. The SMILES string of the molecule is CC[C@@]1(C)CC(=O)[C@@]2(O)[C@]3(C)[C@H](O)CCC(C)(C)[C@H]3[C@@H](O)[C@@H](OC(C)=O)[C@]2(C)O1. The average Bonchev–Trinajstić information content (AvgIpc) is 2.59. The van der Waals surface area contributed by atoms with Crippen LogP contribution in [0.2, 0.25) is 0 Å². The molecule has 1 aliphatic heterocycles. The molecule has 0 spiro atoms. The number of aliphatic hydroxyl groups excluding tert-OH is 2. The van der Waals surface area contributed by atoms with Crippen molar-refractivity contribution in [2.45, 2.75) is 109 Å². The molecule has 0 radical (unpaired) electrons. The first-order valence-electron chi connectivity index (χ1n) is 10.6. The van der Waals surface area contributed by atoms with Crippen molar-refractivity contribution in [1.29, 1.82) is 0 Å². The predicted molar refractivity (Wildman–Crippen MR) is 105 cm³/mol. The molecule has 8 atom stereocenters. The van der Waals surface area contributed by atoms with Crippen LogP contribution in [0.5, 0.6) is 0 Å². The van der Waals surface area contributed by atoms with E-state index in [1.165, 1.54) is 13.8 Å². The highest BCUT2D eigenvalue weighted by molar-refractivity contribution is 5.92. The molecule has 0 aromatic rings. The highest BCUT2D eigenvalue weighted by Gasteiger charge is 2.81. The number of rotatable bonds is 2. The molecule has 0 bridgehead atoms. The van der Waals surface area contributed by atoms with Crippen molar-refractivity contribution in [2.24, 2.45) is 16.7 Å². The topological polar surface area (TPSA) is 113 Å². The van der Waals surface area contributed by atoms with Gasteiger partial charge < -0.3 is 24.8 Å². The van der Waals surface area contributed by atoms with Crippen molar-refractivity contribution in [3.8, 4) is 0 Å². The summed E-state index contributed by atoms with van der Waals surface area (Å²) in [7, 11) is 0. The number of aliphatic hydroxyl groups is 3. The molecule has 1 heterocycles. The minimum Gasteiger partial charge on any atom is -0.457 e. The van der Waals surface area contributed by atoms with E-state index in [0.717, 1.165) is 0 Å². The average molecular weight is 413 g/mol. The van der Waals surface area contributed by atoms with Gasteiger partial charge in [-0.3, -0.25) is 9.59 Å². The van der Waals surface area contributed by atoms with Gasteiger partial charge in [0.05, 0.1) is 17.8 Å². The molecule has 0 aromatic heterocycles. The van der Waals surface area contributed by atoms with Crippen LogP contribution < -0.4 is 0 Å². The largest absolute Gasteiger partial charge is 0.457 e. The zero-order valence-corrected chi connectivity index (χ0v) is 18.6. The van der Waals surface area contributed by atoms with Crippen LogP contribution in [0, 0.1) is 16.7 Å². The Hall–Kier alpha value is -1.02. The normalized spacial score (nSPS) is 51.7. The fraction of sp³-hybridized carbons (Fsp3) is 0.909. The molecule has 3 fully saturated rings. The number of esters is 1. The monoisotopic (exact) mass is 412 g/mol. The van der Waals surface area contributed by atoms with Crippen molar-refractivity contribution < 1.29 is 34.4 Å². The minimum absolute atomic E-state index is 0.0199. The van der Waals surface area contributed by atoms with Crippen LogP contribution in [-0.4, -0.2) is 62.2 Å². The first kappa shape index (κ1) is 22.7. The Morgan fingerprint density at radius 1 is 1.21 bits per heavy atom. The second-order valence-electron chi connectivity index (χ2n) is 10.6. The van der Waals surface area contributed by atoms with E-state index in [2.05, 4.69) is 0 Å². The number of fused-ring (bicyclic) bond motifs is 3. The van der Waals surface area contributed by atoms with Gasteiger partial charge in [-0.25, -0.2) is 0 Å². The molecule has 7 nitrogen and oxygen atoms in total. The number of hydrogen-bond donors (Lipinski definition) is 3. The maximum atomic E-state index is 13.6. The van der Waals surface area contributed by atoms with E-state index in [1.807, 2.05) is 20.8 Å². The zero-order chi connectivity index (χ0) is 22.2. The Balaban J connectivity index is 2.31. The van der Waals surface area contributed by atoms with Crippen molar-refractivity contribution in [3.63, 3.8) is 0 Å². The van der Waals surface area contributed by atoms with E-state index in [1.54, 1.807) is 13.8 Å². The van der Waals surface area contributed by atoms with Gasteiger partial charge >= 0.3 is 5.97 Å². The summed E-state index contributed by atoms with van der Waals surface area (Å²) in [4.78, 5) is 25.6. The summed E-state index contributed by atoms with van der Waals surface area (Å²) < 4.78 is 11.9. The number of hydrogen-bond acceptors (Lipinski definition) is 7. The predicted octanol–water partition coefficient (Wildman–Crippen LogP) is 1.74. The highest BCUT2D eigenvalue weighted by Crippen LogP contribution is 2.67. The summed E-state index contributed by atoms with van der Waals surface area (Å²) in [6.07, 6.45) is -2.01. The molecule has 0 unspecified atom stereocenters. The van der Waals surface area contributed by atoms with E-state index in [-0.39, 0.29) is 6.42 Å². The molecule has 3 rings (SSSR count). The van der Waals surface area contributed by atoms with E-state index >= 15 is 0 Å². The third kappa shape index (κ3) is 2.70. The van der Waals surface area contributed by atoms with Crippen LogP contribution >= 0.6 is 0 Å². The molecule has 29 heavy (non-hydrogen) atoms. The number of carbonyl (C=O) groups is 2. The van der Waals surface area contributed by atoms with Gasteiger partial charge in [0.2, 0.25) is 0 Å². The number of carbonyl (C=O) groups excluding carboxylic acids is 2. The third-order valence-electron chi connectivity index (χ3n) is 8.37. The molecule has 7 heteroatoms. The Labute approximate surface area is 172 Å². The zero-order valence-electron chi connectivity index (χ0n) is 18.6. The third-order valence-corrected chi connectivity index (χ3v) is 8.37. The van der Waals surface area contributed by atoms with Crippen LogP contribution in [0.4, 0.5) is 0 Å². The summed E-state index contributed by atoms with van der Waals surface area (Å²) in [5.74, 6) is -1.75. The van der Waals surface area contributed by atoms with Crippen molar-refractivity contribution in [2.75, 3.05) is 0 Å². The Bertz CT molecular complexity index is 720. The summed E-state index contributed by atoms with van der Waals surface area (Å²) >= 11 is 0. The van der Waals surface area contributed by atoms with E-state index < -0.39 is 63.6 Å². The van der Waals surface area contributed by atoms with Crippen LogP contribution in [0.3, 0.4) is 0 Å². The van der Waals surface area contributed by atoms with Gasteiger partial charge in [-0.1, -0.05) is 27.7 Å². The lowest BCUT2D eigenvalue weighted by molar-refractivity contribution is -0.375. The molecule has 2 saturated carbocycles. The Kier molecular flexibility index (Phi) is 5.07. The lowest BCUT2D eigenvalue weighted by Crippen LogP contribution is -2.86. The smallest absolute Gasteiger partial charge is 0.303 e. The summed E-state index contributed by atoms with van der Waals surface area (Å²) in [6.45, 7) is 12.0. The highest BCUT2D eigenvalue weighted by atomic mass is 16.6. The summed E-state index contributed by atoms with van der Waals surface area (Å²) in [6, 6.07) is 0. The van der Waals surface area contributed by atoms with Crippen LogP contribution in [0.15, 0.2) is 0 Å². The number of ether oxygens (including phenoxy) is 2. The van der Waals surface area contributed by atoms with Gasteiger partial charge in [-0.2, -0.15) is 0 Å². The molecule has 0 amide bonds. The fourth-order valence-electron chi connectivity index (χ4n) is 6.79. The molecular weight excluding hydrogens is 376 g/mol. The first-order valence-corrected chi connectivity index (χ1v) is 10.6. The van der Waals surface area contributed by atoms with Crippen LogP contribution in [0.1, 0.15) is 74.1 Å². The molecule has 3 aliphatic rings. The molecule has 2 aliphatic carbocycles. The van der Waals surface area contributed by atoms with Gasteiger partial charge in [-0.05, 0) is 38.5 Å². The summed E-state index contributed by atoms with van der Waals surface area (Å²) in [5.41, 5.74) is -6.59. The van der Waals surface area contributed by atoms with Crippen molar-refractivity contribution in [3.05, 3.63) is 0 Å². The van der Waals surface area contributed by atoms with Crippen molar-refractivity contribution in [1.82, 2.24) is 0 Å². The maximum absolute atomic E-state index is 13.6. The van der Waals surface area contributed by atoms with Gasteiger partial charge in [0.15, 0.2) is 17.5 Å². The standard InChI is InChI=1S/C22H36O7/c1-8-19(5)11-14(25)22(27)20(6)13(24)9-10-18(3,4)16(20)15(26)17(28-12(2)23)21(22,7)29-19/h13,15-17,24,26-27H,8-11H2,1-7H3/t13-,15-,16-,17-,19+,20-,21+,22-/m1/s1. The van der Waals surface area contributed by atoms with Gasteiger partial charge in [0.25, 0.3) is 0 Å². The second-order valence-corrected chi connectivity index (χ2v) is 10.6. The number of ketones is 1. The Morgan fingerprint density at radius 2 is 1.79 bits per heavy atom. The molecule has 1 saturated heterocycles. The van der Waals surface area contributed by atoms with Crippen molar-refractivity contribution >= 4 is 11.8 Å². The molecule has 166 valence electrons. The molecule has 0 aromatic carbocycles. The van der Waals surface area contributed by atoms with Crippen LogP contribution in [0.25, 0.3) is 0 Å². The van der Waals surface area contributed by atoms with Gasteiger partial charge in [0.1, 0.15) is 5.60 Å². The fourth-order valence-corrected chi connectivity index (χ4v) is 6.79. The first-order chi connectivity index (χ1) is 13.1.